The van der Waals surface area contributed by atoms with Gasteiger partial charge in [0.15, 0.2) is 0 Å². The number of carboxylic acid groups (broad SMARTS) is 1. The van der Waals surface area contributed by atoms with Crippen LogP contribution in [0, 0.1) is 0 Å². The summed E-state index contributed by atoms with van der Waals surface area (Å²) in [6.07, 6.45) is 2.12. The van der Waals surface area contributed by atoms with Crippen molar-refractivity contribution in [1.82, 2.24) is 5.32 Å². The van der Waals surface area contributed by atoms with Gasteiger partial charge in [-0.15, -0.1) is 0 Å². The lowest BCUT2D eigenvalue weighted by molar-refractivity contribution is -0.130. The number of aryl methyl sites for hydroxylation is 1. The molecule has 3 rings (SSSR count). The number of carboxylic acids is 1. The van der Waals surface area contributed by atoms with E-state index in [-0.39, 0.29) is 12.0 Å². The molecule has 0 aliphatic carbocycles. The van der Waals surface area contributed by atoms with Crippen molar-refractivity contribution in [2.24, 2.45) is 5.73 Å². The third-order valence-electron chi connectivity index (χ3n) is 5.14. The van der Waals surface area contributed by atoms with Gasteiger partial charge in [0, 0.05) is 12.5 Å². The molecule has 0 saturated carbocycles. The fourth-order valence-corrected chi connectivity index (χ4v) is 3.37. The number of amides is 3. The van der Waals surface area contributed by atoms with Crippen molar-refractivity contribution in [1.29, 1.82) is 0 Å². The van der Waals surface area contributed by atoms with E-state index in [4.69, 9.17) is 19.9 Å². The number of benzene rings is 3. The van der Waals surface area contributed by atoms with E-state index in [1.807, 2.05) is 17.4 Å². The zero-order valence-electron chi connectivity index (χ0n) is 19.8. The Morgan fingerprint density at radius 3 is 1.92 bits per heavy atom. The lowest BCUT2D eigenvalue weighted by Gasteiger charge is -2.10. The first-order valence-corrected chi connectivity index (χ1v) is 10.9. The normalized spacial score (nSPS) is 10.9. The Kier molecular flexibility index (Phi) is 8.66. The molecule has 0 aromatic heterocycles. The highest BCUT2D eigenvalue weighted by Crippen LogP contribution is 2.28. The van der Waals surface area contributed by atoms with Gasteiger partial charge in [0.05, 0.1) is 19.8 Å². The molecule has 0 atom stereocenters. The predicted molar refractivity (Wildman–Crippen MR) is 134 cm³/mol. The maximum absolute atomic E-state index is 12.0. The van der Waals surface area contributed by atoms with Crippen LogP contribution in [0.5, 0.6) is 23.0 Å². The van der Waals surface area contributed by atoms with E-state index in [0.717, 1.165) is 5.56 Å². The van der Waals surface area contributed by atoms with E-state index in [0.29, 0.717) is 40.5 Å². The summed E-state index contributed by atoms with van der Waals surface area (Å²) >= 11 is 0. The number of hydrogen-bond donors (Lipinski definition) is 3. The Morgan fingerprint density at radius 1 is 0.861 bits per heavy atom. The second kappa shape index (κ2) is 12.1. The number of nitrogens with one attached hydrogen (secondary N) is 1. The van der Waals surface area contributed by atoms with Gasteiger partial charge in [-0.25, -0.2) is 9.59 Å². The summed E-state index contributed by atoms with van der Waals surface area (Å²) in [4.78, 5) is 34.2. The van der Waals surface area contributed by atoms with Crippen LogP contribution in [0.1, 0.15) is 23.1 Å². The van der Waals surface area contributed by atoms with Gasteiger partial charge in [-0.05, 0) is 65.6 Å². The van der Waals surface area contributed by atoms with E-state index in [9.17, 15) is 19.5 Å². The number of imide groups is 1. The summed E-state index contributed by atoms with van der Waals surface area (Å²) in [6, 6.07) is 18.1. The number of aliphatic carboxylic acids is 1. The van der Waals surface area contributed by atoms with Gasteiger partial charge in [0.2, 0.25) is 5.91 Å². The smallest absolute Gasteiger partial charge is 0.336 e. The molecule has 0 aliphatic rings. The minimum atomic E-state index is -1.08. The van der Waals surface area contributed by atoms with Gasteiger partial charge in [-0.2, -0.15) is 0 Å². The minimum absolute atomic E-state index is 0.0987. The quantitative estimate of drug-likeness (QED) is 0.285. The number of carbonyl (C=O) groups is 3. The van der Waals surface area contributed by atoms with Crippen LogP contribution in [0.3, 0.4) is 0 Å². The number of carbonyl (C=O) groups excluding carboxylic acids is 2. The van der Waals surface area contributed by atoms with Crippen molar-refractivity contribution in [3.63, 3.8) is 0 Å². The number of ether oxygens (including phenoxy) is 3. The van der Waals surface area contributed by atoms with Crippen LogP contribution in [-0.2, 0) is 16.0 Å². The topological polar surface area (TPSA) is 137 Å². The molecular weight excluding hydrogens is 464 g/mol. The van der Waals surface area contributed by atoms with Crippen LogP contribution in [0.15, 0.2) is 66.7 Å². The monoisotopic (exact) mass is 490 g/mol. The molecule has 0 saturated heterocycles. The second-order valence-corrected chi connectivity index (χ2v) is 7.69. The zero-order valence-corrected chi connectivity index (χ0v) is 19.8. The SMILES string of the molecule is COc1cc(C=C(C(=O)O)c2ccc(Oc3ccc(CCC(=O)NC(N)=O)cc3)cc2)cc(OC)c1. The summed E-state index contributed by atoms with van der Waals surface area (Å²) in [7, 11) is 3.05. The van der Waals surface area contributed by atoms with Gasteiger partial charge in [-0.1, -0.05) is 24.3 Å². The Balaban J connectivity index is 1.70. The van der Waals surface area contributed by atoms with Crippen molar-refractivity contribution < 1.29 is 33.7 Å². The molecule has 3 amide bonds. The molecule has 3 aromatic carbocycles. The van der Waals surface area contributed by atoms with E-state index in [1.165, 1.54) is 14.2 Å². The highest BCUT2D eigenvalue weighted by atomic mass is 16.5. The van der Waals surface area contributed by atoms with Gasteiger partial charge >= 0.3 is 12.0 Å². The standard InChI is InChI=1S/C27H26N2O7/c1-34-22-13-18(14-23(16-22)35-2)15-24(26(31)32)19-6-10-21(11-7-19)36-20-8-3-17(4-9-20)5-12-25(30)29-27(28)33/h3-4,6-11,13-16H,5,12H2,1-2H3,(H,31,32)(H3,28,29,30,33). The molecule has 4 N–H and O–H groups in total. The first-order valence-electron chi connectivity index (χ1n) is 10.9. The number of methoxy groups -OCH3 is 2. The molecule has 0 fully saturated rings. The number of rotatable bonds is 10. The summed E-state index contributed by atoms with van der Waals surface area (Å²) in [5.74, 6) is 0.683. The van der Waals surface area contributed by atoms with Crippen LogP contribution in [0.2, 0.25) is 0 Å². The molecule has 9 heteroatoms. The van der Waals surface area contributed by atoms with Crippen molar-refractivity contribution in [2.75, 3.05) is 14.2 Å². The largest absolute Gasteiger partial charge is 0.497 e. The third kappa shape index (κ3) is 7.36. The molecule has 0 heterocycles. The molecule has 0 radical (unpaired) electrons. The molecule has 0 bridgehead atoms. The second-order valence-electron chi connectivity index (χ2n) is 7.69. The van der Waals surface area contributed by atoms with Crippen LogP contribution >= 0.6 is 0 Å². The summed E-state index contributed by atoms with van der Waals surface area (Å²) < 4.78 is 16.4. The van der Waals surface area contributed by atoms with E-state index >= 15 is 0 Å². The number of hydrogen-bond acceptors (Lipinski definition) is 6. The highest BCUT2D eigenvalue weighted by Gasteiger charge is 2.12. The Labute approximate surface area is 208 Å². The van der Waals surface area contributed by atoms with Crippen LogP contribution < -0.4 is 25.3 Å². The molecular formula is C27H26N2O7. The summed E-state index contributed by atoms with van der Waals surface area (Å²) in [5.41, 5.74) is 7.04. The van der Waals surface area contributed by atoms with Gasteiger partial charge in [0.25, 0.3) is 0 Å². The first kappa shape index (κ1) is 25.8. The first-order chi connectivity index (χ1) is 17.3. The Hall–Kier alpha value is -4.79. The fraction of sp³-hybridized carbons (Fsp3) is 0.148. The molecule has 3 aromatic rings. The average Bonchev–Trinajstić information content (AvgIpc) is 2.86. The lowest BCUT2D eigenvalue weighted by Crippen LogP contribution is -2.35. The van der Waals surface area contributed by atoms with E-state index in [2.05, 4.69) is 0 Å². The Bertz CT molecular complexity index is 1240. The zero-order chi connectivity index (χ0) is 26.1. The lowest BCUT2D eigenvalue weighted by atomic mass is 10.0. The summed E-state index contributed by atoms with van der Waals surface area (Å²) in [6.45, 7) is 0. The number of primary amides is 1. The minimum Gasteiger partial charge on any atom is -0.497 e. The molecule has 9 nitrogen and oxygen atoms in total. The number of urea groups is 1. The summed E-state index contributed by atoms with van der Waals surface area (Å²) in [5, 5.41) is 11.8. The van der Waals surface area contributed by atoms with Crippen molar-refractivity contribution in [2.45, 2.75) is 12.8 Å². The van der Waals surface area contributed by atoms with E-state index < -0.39 is 17.9 Å². The van der Waals surface area contributed by atoms with Crippen molar-refractivity contribution in [3.8, 4) is 23.0 Å². The van der Waals surface area contributed by atoms with Crippen LogP contribution in [-0.4, -0.2) is 37.2 Å². The molecule has 36 heavy (non-hydrogen) atoms. The average molecular weight is 491 g/mol. The molecule has 186 valence electrons. The van der Waals surface area contributed by atoms with Crippen LogP contribution in [0.4, 0.5) is 4.79 Å². The third-order valence-corrected chi connectivity index (χ3v) is 5.14. The maximum Gasteiger partial charge on any atom is 0.336 e. The van der Waals surface area contributed by atoms with Crippen LogP contribution in [0.25, 0.3) is 11.6 Å². The van der Waals surface area contributed by atoms with Crippen molar-refractivity contribution in [3.05, 3.63) is 83.4 Å². The molecule has 0 spiro atoms. The molecule has 0 aliphatic heterocycles. The molecule has 0 unspecified atom stereocenters. The highest BCUT2D eigenvalue weighted by molar-refractivity contribution is 6.20. The predicted octanol–water partition coefficient (Wildman–Crippen LogP) is 4.25. The maximum atomic E-state index is 12.0. The Morgan fingerprint density at radius 2 is 1.42 bits per heavy atom. The van der Waals surface area contributed by atoms with Gasteiger partial charge in [0.1, 0.15) is 23.0 Å². The fourth-order valence-electron chi connectivity index (χ4n) is 3.37. The van der Waals surface area contributed by atoms with E-state index in [1.54, 1.807) is 60.7 Å². The van der Waals surface area contributed by atoms with Gasteiger partial charge in [-0.3, -0.25) is 10.1 Å². The number of nitrogens with two attached hydrogens (primary N) is 1. The van der Waals surface area contributed by atoms with Gasteiger partial charge < -0.3 is 25.1 Å². The van der Waals surface area contributed by atoms with Crippen molar-refractivity contribution >= 4 is 29.6 Å².